The molecule has 11 heteroatoms. The molecule has 2 rings (SSSR count). The number of carbonyl (C=O) groups is 3. The van der Waals surface area contributed by atoms with E-state index in [9.17, 15) is 27.6 Å². The summed E-state index contributed by atoms with van der Waals surface area (Å²) in [5.74, 6) is 0.0926. The summed E-state index contributed by atoms with van der Waals surface area (Å²) in [6, 6.07) is 12.5. The van der Waals surface area contributed by atoms with Crippen LogP contribution < -0.4 is 16.4 Å². The molecule has 4 N–H and O–H groups in total. The summed E-state index contributed by atoms with van der Waals surface area (Å²) in [6.45, 7) is 1.53. The number of urea groups is 2. The number of nitrogens with one attached hydrogen (secondary N) is 2. The molecule has 0 aliphatic rings. The summed E-state index contributed by atoms with van der Waals surface area (Å²) in [6.07, 6.45) is -4.40. The molecule has 0 spiro atoms. The average Bonchev–Trinajstić information content (AvgIpc) is 2.68. The molecule has 0 unspecified atom stereocenters. The molecule has 0 aliphatic heterocycles. The molecule has 0 fully saturated rings. The van der Waals surface area contributed by atoms with Crippen LogP contribution >= 0.6 is 0 Å². The average molecular weight is 455 g/mol. The molecule has 8 nitrogen and oxygen atoms in total. The molecular formula is C21H28F3N5O3. The van der Waals surface area contributed by atoms with Crippen LogP contribution in [0.5, 0.6) is 0 Å². The molecule has 0 heterocycles. The molecule has 0 atom stereocenters. The summed E-state index contributed by atoms with van der Waals surface area (Å²) < 4.78 is 37.0. The van der Waals surface area contributed by atoms with Gasteiger partial charge in [0.05, 0.1) is 5.56 Å². The normalized spacial score (nSPS) is 9.75. The first-order chi connectivity index (χ1) is 14.7. The van der Waals surface area contributed by atoms with Crippen LogP contribution in [0.4, 0.5) is 34.1 Å². The Kier molecular flexibility index (Phi) is 11.9. The minimum atomic E-state index is -4.40. The Labute approximate surface area is 185 Å². The number of halogens is 3. The maximum Gasteiger partial charge on any atom is 0.416 e. The van der Waals surface area contributed by atoms with Crippen molar-refractivity contribution in [3.63, 3.8) is 0 Å². The van der Waals surface area contributed by atoms with E-state index >= 15 is 0 Å². The summed E-state index contributed by atoms with van der Waals surface area (Å²) in [7, 11) is 6.45. The standard InChI is InChI=1S/C10H11F3N2O.C7H8N2O.C4H9NO/c1-15(2)9(16)14-8-5-3-4-7(6-8)10(11,12)13;8-7(10)9-6-4-2-1-3-5-6;1-4(6)5(2)3/h3-6H,1-2H3,(H,14,16);1-5H,(H3,8,9,10);1-3H3. The van der Waals surface area contributed by atoms with Gasteiger partial charge in [0.15, 0.2) is 0 Å². The number of rotatable bonds is 2. The maximum atomic E-state index is 12.3. The number of para-hydroxylation sites is 1. The third-order valence-corrected chi connectivity index (χ3v) is 3.52. The van der Waals surface area contributed by atoms with Crippen molar-refractivity contribution in [3.8, 4) is 0 Å². The highest BCUT2D eigenvalue weighted by molar-refractivity contribution is 5.89. The fourth-order valence-electron chi connectivity index (χ4n) is 1.67. The van der Waals surface area contributed by atoms with E-state index in [0.29, 0.717) is 0 Å². The predicted molar refractivity (Wildman–Crippen MR) is 118 cm³/mol. The van der Waals surface area contributed by atoms with E-state index < -0.39 is 23.8 Å². The number of hydrogen-bond acceptors (Lipinski definition) is 3. The fraction of sp³-hybridized carbons (Fsp3) is 0.286. The van der Waals surface area contributed by atoms with Crippen molar-refractivity contribution in [2.75, 3.05) is 38.8 Å². The highest BCUT2D eigenvalue weighted by Gasteiger charge is 2.30. The van der Waals surface area contributed by atoms with Gasteiger partial charge in [0.25, 0.3) is 0 Å². The molecule has 32 heavy (non-hydrogen) atoms. The van der Waals surface area contributed by atoms with E-state index in [1.807, 2.05) is 18.2 Å². The lowest BCUT2D eigenvalue weighted by molar-refractivity contribution is -0.137. The largest absolute Gasteiger partial charge is 0.416 e. The van der Waals surface area contributed by atoms with E-state index in [4.69, 9.17) is 5.73 Å². The minimum Gasteiger partial charge on any atom is -0.351 e. The molecule has 0 aromatic heterocycles. The van der Waals surface area contributed by atoms with Crippen molar-refractivity contribution in [2.24, 2.45) is 5.73 Å². The Hall–Kier alpha value is -3.76. The van der Waals surface area contributed by atoms with Gasteiger partial charge in [-0.1, -0.05) is 24.3 Å². The zero-order valence-electron chi connectivity index (χ0n) is 18.5. The second-order valence-corrected chi connectivity index (χ2v) is 6.67. The first kappa shape index (κ1) is 28.2. The smallest absolute Gasteiger partial charge is 0.351 e. The van der Waals surface area contributed by atoms with Gasteiger partial charge < -0.3 is 26.2 Å². The van der Waals surface area contributed by atoms with Crippen LogP contribution in [0.25, 0.3) is 0 Å². The zero-order chi connectivity index (χ0) is 24.9. The van der Waals surface area contributed by atoms with Crippen molar-refractivity contribution in [3.05, 3.63) is 60.2 Å². The Balaban J connectivity index is 0.000000511. The molecule has 2 aromatic carbocycles. The molecule has 0 radical (unpaired) electrons. The number of hydrogen-bond donors (Lipinski definition) is 3. The van der Waals surface area contributed by atoms with E-state index in [-0.39, 0.29) is 11.6 Å². The van der Waals surface area contributed by atoms with Gasteiger partial charge in [0.1, 0.15) is 0 Å². The summed E-state index contributed by atoms with van der Waals surface area (Å²) in [5.41, 5.74) is 4.92. The Morgan fingerprint density at radius 2 is 1.31 bits per heavy atom. The van der Waals surface area contributed by atoms with Crippen molar-refractivity contribution >= 4 is 29.3 Å². The lowest BCUT2D eigenvalue weighted by Gasteiger charge is -2.13. The number of anilines is 2. The van der Waals surface area contributed by atoms with Crippen molar-refractivity contribution in [2.45, 2.75) is 13.1 Å². The summed E-state index contributed by atoms with van der Waals surface area (Å²) >= 11 is 0. The van der Waals surface area contributed by atoms with Gasteiger partial charge >= 0.3 is 18.2 Å². The number of benzene rings is 2. The molecule has 5 amide bonds. The SMILES string of the molecule is CC(=O)N(C)C.CN(C)C(=O)Nc1cccc(C(F)(F)F)c1.NC(=O)Nc1ccccc1. The summed E-state index contributed by atoms with van der Waals surface area (Å²) in [4.78, 5) is 34.3. The van der Waals surface area contributed by atoms with Gasteiger partial charge in [0.2, 0.25) is 5.91 Å². The molecule has 0 bridgehead atoms. The molecule has 0 saturated carbocycles. The maximum absolute atomic E-state index is 12.3. The molecule has 2 aromatic rings. The molecule has 0 saturated heterocycles. The zero-order valence-corrected chi connectivity index (χ0v) is 18.5. The third kappa shape index (κ3) is 12.7. The number of alkyl halides is 3. The van der Waals surface area contributed by atoms with E-state index in [2.05, 4.69) is 10.6 Å². The number of amides is 5. The minimum absolute atomic E-state index is 0.0926. The second-order valence-electron chi connectivity index (χ2n) is 6.67. The number of nitrogens with two attached hydrogens (primary N) is 1. The first-order valence-corrected chi connectivity index (χ1v) is 9.19. The predicted octanol–water partition coefficient (Wildman–Crippen LogP) is 4.07. The highest BCUT2D eigenvalue weighted by atomic mass is 19.4. The Bertz CT molecular complexity index is 872. The molecular weight excluding hydrogens is 427 g/mol. The fourth-order valence-corrected chi connectivity index (χ4v) is 1.67. The molecule has 176 valence electrons. The lowest BCUT2D eigenvalue weighted by Crippen LogP contribution is -2.27. The monoisotopic (exact) mass is 455 g/mol. The summed E-state index contributed by atoms with van der Waals surface area (Å²) in [5, 5.41) is 4.78. The van der Waals surface area contributed by atoms with Gasteiger partial charge in [-0.15, -0.1) is 0 Å². The van der Waals surface area contributed by atoms with Crippen molar-refractivity contribution in [1.82, 2.24) is 9.80 Å². The highest BCUT2D eigenvalue weighted by Crippen LogP contribution is 2.30. The Morgan fingerprint density at radius 1 is 0.812 bits per heavy atom. The number of nitrogens with zero attached hydrogens (tertiary/aromatic N) is 2. The van der Waals surface area contributed by atoms with Gasteiger partial charge in [-0.05, 0) is 30.3 Å². The van der Waals surface area contributed by atoms with Crippen molar-refractivity contribution in [1.29, 1.82) is 0 Å². The van der Waals surface area contributed by atoms with Crippen LogP contribution in [-0.2, 0) is 11.0 Å². The van der Waals surface area contributed by atoms with Crippen LogP contribution in [0.1, 0.15) is 12.5 Å². The van der Waals surface area contributed by atoms with Crippen LogP contribution in [-0.4, -0.2) is 56.0 Å². The first-order valence-electron chi connectivity index (χ1n) is 9.19. The second kappa shape index (κ2) is 13.5. The lowest BCUT2D eigenvalue weighted by atomic mass is 10.2. The van der Waals surface area contributed by atoms with Crippen LogP contribution in [0.15, 0.2) is 54.6 Å². The van der Waals surface area contributed by atoms with Crippen LogP contribution in [0.2, 0.25) is 0 Å². The van der Waals surface area contributed by atoms with Crippen LogP contribution in [0.3, 0.4) is 0 Å². The number of primary amides is 1. The number of carbonyl (C=O) groups excluding carboxylic acids is 3. The Morgan fingerprint density at radius 3 is 1.72 bits per heavy atom. The van der Waals surface area contributed by atoms with Gasteiger partial charge in [-0.2, -0.15) is 13.2 Å². The topological polar surface area (TPSA) is 108 Å². The van der Waals surface area contributed by atoms with E-state index in [1.165, 1.54) is 43.0 Å². The van der Waals surface area contributed by atoms with Gasteiger partial charge in [-0.3, -0.25) is 4.79 Å². The van der Waals surface area contributed by atoms with Gasteiger partial charge in [0, 0.05) is 46.5 Å². The van der Waals surface area contributed by atoms with Crippen LogP contribution in [0, 0.1) is 0 Å². The molecule has 0 aliphatic carbocycles. The van der Waals surface area contributed by atoms with Gasteiger partial charge in [-0.25, -0.2) is 9.59 Å². The van der Waals surface area contributed by atoms with E-state index in [1.54, 1.807) is 26.2 Å². The quantitative estimate of drug-likeness (QED) is 0.635. The van der Waals surface area contributed by atoms with E-state index in [0.717, 1.165) is 17.8 Å². The third-order valence-electron chi connectivity index (χ3n) is 3.52. The van der Waals surface area contributed by atoms with Crippen molar-refractivity contribution < 1.29 is 27.6 Å².